The quantitative estimate of drug-likeness (QED) is 0.828. The molecular weight excluding hydrogens is 355 g/mol. The molecule has 2 aliphatic rings. The number of hydrogen-bond acceptors (Lipinski definition) is 5. The normalized spacial score (nSPS) is 23.7. The lowest BCUT2D eigenvalue weighted by molar-refractivity contribution is -0.153. The number of alkyl halides is 3. The molecule has 25 heavy (non-hydrogen) atoms. The first-order valence-corrected chi connectivity index (χ1v) is 9.28. The van der Waals surface area contributed by atoms with Gasteiger partial charge in [-0.15, -0.1) is 0 Å². The molecule has 1 aromatic heterocycles. The molecule has 2 heterocycles. The number of fused-ring (bicyclic) bond motifs is 1. The smallest absolute Gasteiger partial charge is 0.422 e. The Morgan fingerprint density at radius 2 is 2.20 bits per heavy atom. The minimum Gasteiger partial charge on any atom is -0.460 e. The third-order valence-corrected chi connectivity index (χ3v) is 5.71. The van der Waals surface area contributed by atoms with Gasteiger partial charge in [0.05, 0.1) is 5.69 Å². The second kappa shape index (κ2) is 7.49. The van der Waals surface area contributed by atoms with Crippen LogP contribution in [0.5, 0.6) is 5.19 Å². The molecule has 0 spiro atoms. The Morgan fingerprint density at radius 3 is 2.88 bits per heavy atom. The highest BCUT2D eigenvalue weighted by molar-refractivity contribution is 7.13. The molecule has 0 saturated heterocycles. The molecule has 1 amide bonds. The maximum Gasteiger partial charge on any atom is 0.422 e. The molecule has 0 bridgehead atoms. The lowest BCUT2D eigenvalue weighted by Crippen LogP contribution is -2.44. The summed E-state index contributed by atoms with van der Waals surface area (Å²) in [6, 6.07) is 0.322. The molecule has 1 aliphatic heterocycles. The Morgan fingerprint density at radius 1 is 1.44 bits per heavy atom. The Kier molecular flexibility index (Phi) is 5.52. The van der Waals surface area contributed by atoms with Crippen LogP contribution in [-0.4, -0.2) is 47.7 Å². The van der Waals surface area contributed by atoms with Crippen molar-refractivity contribution in [1.29, 1.82) is 0 Å². The number of carbonyl (C=O) groups is 1. The number of nitrogens with one attached hydrogen (secondary N) is 1. The predicted octanol–water partition coefficient (Wildman–Crippen LogP) is 2.75. The summed E-state index contributed by atoms with van der Waals surface area (Å²) in [5.41, 5.74) is 0.846. The van der Waals surface area contributed by atoms with E-state index in [0.717, 1.165) is 49.3 Å². The summed E-state index contributed by atoms with van der Waals surface area (Å²) in [5, 5.41) is 3.04. The van der Waals surface area contributed by atoms with Gasteiger partial charge in [0.1, 0.15) is 0 Å². The summed E-state index contributed by atoms with van der Waals surface area (Å²) in [5.74, 6) is 0.665. The molecule has 1 N–H and O–H groups in total. The van der Waals surface area contributed by atoms with Crippen molar-refractivity contribution in [3.63, 3.8) is 0 Å². The van der Waals surface area contributed by atoms with Crippen LogP contribution in [0.3, 0.4) is 0 Å². The van der Waals surface area contributed by atoms with Gasteiger partial charge >= 0.3 is 6.18 Å². The molecule has 0 unspecified atom stereocenters. The lowest BCUT2D eigenvalue weighted by atomic mass is 9.78. The topological polar surface area (TPSA) is 54.5 Å². The number of nitrogens with zero attached hydrogens (tertiary/aromatic N) is 2. The first kappa shape index (κ1) is 18.4. The molecule has 5 nitrogen and oxygen atoms in total. The lowest BCUT2D eigenvalue weighted by Gasteiger charge is -2.37. The van der Waals surface area contributed by atoms with E-state index in [1.807, 2.05) is 0 Å². The molecule has 0 radical (unpaired) electrons. The zero-order valence-corrected chi connectivity index (χ0v) is 14.9. The van der Waals surface area contributed by atoms with E-state index in [-0.39, 0.29) is 11.1 Å². The van der Waals surface area contributed by atoms with Gasteiger partial charge in [0.2, 0.25) is 5.91 Å². The van der Waals surface area contributed by atoms with Crippen LogP contribution in [0.1, 0.15) is 36.8 Å². The Labute approximate surface area is 148 Å². The summed E-state index contributed by atoms with van der Waals surface area (Å²) in [6.45, 7) is 2.77. The summed E-state index contributed by atoms with van der Waals surface area (Å²) >= 11 is 1.22. The maximum atomic E-state index is 12.2. The van der Waals surface area contributed by atoms with Crippen LogP contribution in [0.4, 0.5) is 13.2 Å². The Hall–Kier alpha value is -1.35. The molecule has 1 aliphatic carbocycles. The average molecular weight is 377 g/mol. The van der Waals surface area contributed by atoms with Gasteiger partial charge in [0.25, 0.3) is 5.19 Å². The molecule has 0 atom stereocenters. The van der Waals surface area contributed by atoms with E-state index in [0.29, 0.717) is 18.5 Å². The highest BCUT2D eigenvalue weighted by Gasteiger charge is 2.31. The van der Waals surface area contributed by atoms with Crippen LogP contribution < -0.4 is 10.1 Å². The van der Waals surface area contributed by atoms with E-state index < -0.39 is 12.8 Å². The minimum atomic E-state index is -4.34. The fourth-order valence-electron chi connectivity index (χ4n) is 3.37. The van der Waals surface area contributed by atoms with Crippen LogP contribution in [0, 0.1) is 5.92 Å². The first-order valence-electron chi connectivity index (χ1n) is 8.46. The van der Waals surface area contributed by atoms with E-state index in [2.05, 4.69) is 15.2 Å². The van der Waals surface area contributed by atoms with Crippen molar-refractivity contribution >= 4 is 17.2 Å². The van der Waals surface area contributed by atoms with Gasteiger partial charge in [-0.2, -0.15) is 13.2 Å². The van der Waals surface area contributed by atoms with Crippen LogP contribution in [0.2, 0.25) is 0 Å². The molecule has 1 saturated carbocycles. The number of thiazole rings is 1. The third kappa shape index (κ3) is 5.31. The van der Waals surface area contributed by atoms with Crippen molar-refractivity contribution in [2.75, 3.05) is 19.7 Å². The molecule has 9 heteroatoms. The number of rotatable bonds is 6. The molecule has 140 valence electrons. The second-order valence-corrected chi connectivity index (χ2v) is 7.85. The number of amides is 1. The van der Waals surface area contributed by atoms with Crippen LogP contribution in [0.25, 0.3) is 0 Å². The summed E-state index contributed by atoms with van der Waals surface area (Å²) in [6.07, 6.45) is -0.389. The fourth-order valence-corrected chi connectivity index (χ4v) is 4.27. The van der Waals surface area contributed by atoms with E-state index in [1.165, 1.54) is 11.3 Å². The van der Waals surface area contributed by atoms with Gasteiger partial charge < -0.3 is 10.1 Å². The molecule has 1 aromatic rings. The second-order valence-electron chi connectivity index (χ2n) is 6.80. The van der Waals surface area contributed by atoms with Crippen molar-refractivity contribution in [3.05, 3.63) is 10.6 Å². The van der Waals surface area contributed by atoms with Gasteiger partial charge in [0.15, 0.2) is 6.61 Å². The van der Waals surface area contributed by atoms with Gasteiger partial charge in [-0.05, 0) is 38.1 Å². The van der Waals surface area contributed by atoms with E-state index in [1.54, 1.807) is 6.92 Å². The van der Waals surface area contributed by atoms with Crippen molar-refractivity contribution in [1.82, 2.24) is 15.2 Å². The largest absolute Gasteiger partial charge is 0.460 e. The van der Waals surface area contributed by atoms with E-state index in [4.69, 9.17) is 4.74 Å². The summed E-state index contributed by atoms with van der Waals surface area (Å²) in [7, 11) is 0. The monoisotopic (exact) mass is 377 g/mol. The van der Waals surface area contributed by atoms with Crippen molar-refractivity contribution in [2.45, 2.75) is 51.4 Å². The number of aromatic nitrogens is 1. The number of hydrogen-bond donors (Lipinski definition) is 1. The van der Waals surface area contributed by atoms with Gasteiger partial charge in [-0.3, -0.25) is 9.69 Å². The average Bonchev–Trinajstić information content (AvgIpc) is 2.88. The maximum absolute atomic E-state index is 12.2. The summed E-state index contributed by atoms with van der Waals surface area (Å²) in [4.78, 5) is 18.5. The van der Waals surface area contributed by atoms with E-state index in [9.17, 15) is 18.0 Å². The van der Waals surface area contributed by atoms with E-state index >= 15 is 0 Å². The number of carbonyl (C=O) groups excluding carboxylic acids is 1. The van der Waals surface area contributed by atoms with Crippen molar-refractivity contribution < 1.29 is 22.7 Å². The zero-order valence-electron chi connectivity index (χ0n) is 14.1. The van der Waals surface area contributed by atoms with Crippen molar-refractivity contribution in [3.8, 4) is 5.19 Å². The number of halogens is 3. The van der Waals surface area contributed by atoms with Crippen LogP contribution >= 0.6 is 11.3 Å². The van der Waals surface area contributed by atoms with Crippen molar-refractivity contribution in [2.24, 2.45) is 5.92 Å². The minimum absolute atomic E-state index is 0.0269. The highest BCUT2D eigenvalue weighted by Crippen LogP contribution is 2.33. The van der Waals surface area contributed by atoms with Crippen LogP contribution in [0.15, 0.2) is 0 Å². The molecular formula is C16H22F3N3O2S. The van der Waals surface area contributed by atoms with Gasteiger partial charge in [0, 0.05) is 30.9 Å². The molecule has 0 aromatic carbocycles. The SMILES string of the molecule is CC(=O)N[C@H]1C[C@@H](CCN2CCc3sc(OCC(F)(F)F)nc3C2)C1. The standard InChI is InChI=1S/C16H22F3N3O2S/c1-10(23)20-12-6-11(7-12)2-4-22-5-3-14-13(8-22)21-15(25-14)24-9-16(17,18)19/h11-12H,2-9H2,1H3,(H,20,23)/t11-,12+. The molecule has 3 rings (SSSR count). The predicted molar refractivity (Wildman–Crippen MR) is 87.6 cm³/mol. The summed E-state index contributed by atoms with van der Waals surface area (Å²) < 4.78 is 41.4. The fraction of sp³-hybridized carbons (Fsp3) is 0.750. The highest BCUT2D eigenvalue weighted by atomic mass is 32.1. The van der Waals surface area contributed by atoms with Crippen LogP contribution in [-0.2, 0) is 17.8 Å². The third-order valence-electron chi connectivity index (χ3n) is 4.64. The Bertz CT molecular complexity index is 614. The number of ether oxygens (including phenoxy) is 1. The Balaban J connectivity index is 1.41. The van der Waals surface area contributed by atoms with Gasteiger partial charge in [-0.1, -0.05) is 11.3 Å². The van der Waals surface area contributed by atoms with Gasteiger partial charge in [-0.25, -0.2) is 4.98 Å². The first-order chi connectivity index (χ1) is 11.8. The zero-order chi connectivity index (χ0) is 18.0. The molecule has 1 fully saturated rings.